The molecule has 1 amide bonds. The van der Waals surface area contributed by atoms with Gasteiger partial charge in [-0.1, -0.05) is 11.8 Å². The normalized spacial score (nSPS) is 15.6. The Morgan fingerprint density at radius 1 is 1.55 bits per heavy atom. The SMILES string of the molecule is COC1CCN(C(=O)c2ccncc2C#CCN)CC1. The number of nitrogens with two attached hydrogens (primary N) is 1. The van der Waals surface area contributed by atoms with Crippen LogP contribution in [0.25, 0.3) is 0 Å². The summed E-state index contributed by atoms with van der Waals surface area (Å²) in [6.07, 6.45) is 5.22. The van der Waals surface area contributed by atoms with E-state index in [0.29, 0.717) is 24.2 Å². The second-order valence-corrected chi connectivity index (χ2v) is 4.65. The fraction of sp³-hybridized carbons (Fsp3) is 0.467. The number of piperidine rings is 1. The Bertz CT molecular complexity index is 525. The maximum Gasteiger partial charge on any atom is 0.255 e. The highest BCUT2D eigenvalue weighted by molar-refractivity contribution is 5.96. The summed E-state index contributed by atoms with van der Waals surface area (Å²) in [6, 6.07) is 1.71. The van der Waals surface area contributed by atoms with Crippen molar-refractivity contribution in [2.75, 3.05) is 26.7 Å². The summed E-state index contributed by atoms with van der Waals surface area (Å²) >= 11 is 0. The summed E-state index contributed by atoms with van der Waals surface area (Å²) in [7, 11) is 1.71. The minimum atomic E-state index is 0.00303. The Morgan fingerprint density at radius 2 is 2.30 bits per heavy atom. The van der Waals surface area contributed by atoms with Crippen LogP contribution in [0.2, 0.25) is 0 Å². The van der Waals surface area contributed by atoms with Crippen molar-refractivity contribution in [2.45, 2.75) is 18.9 Å². The lowest BCUT2D eigenvalue weighted by Crippen LogP contribution is -2.40. The third-order valence-electron chi connectivity index (χ3n) is 3.44. The summed E-state index contributed by atoms with van der Waals surface area (Å²) < 4.78 is 5.32. The van der Waals surface area contributed by atoms with Crippen LogP contribution in [0.15, 0.2) is 18.5 Å². The third kappa shape index (κ3) is 3.35. The molecule has 0 spiro atoms. The zero-order valence-corrected chi connectivity index (χ0v) is 11.6. The van der Waals surface area contributed by atoms with Gasteiger partial charge in [-0.3, -0.25) is 9.78 Å². The van der Waals surface area contributed by atoms with Crippen LogP contribution in [0, 0.1) is 11.8 Å². The van der Waals surface area contributed by atoms with E-state index in [2.05, 4.69) is 16.8 Å². The molecule has 0 unspecified atom stereocenters. The van der Waals surface area contributed by atoms with E-state index in [1.807, 2.05) is 4.90 Å². The summed E-state index contributed by atoms with van der Waals surface area (Å²) in [4.78, 5) is 18.4. The molecule has 2 heterocycles. The molecular formula is C15H19N3O2. The van der Waals surface area contributed by atoms with Crippen LogP contribution in [-0.4, -0.2) is 48.6 Å². The van der Waals surface area contributed by atoms with Crippen LogP contribution in [-0.2, 0) is 4.74 Å². The van der Waals surface area contributed by atoms with Gasteiger partial charge in [-0.15, -0.1) is 0 Å². The van der Waals surface area contributed by atoms with E-state index in [4.69, 9.17) is 10.5 Å². The van der Waals surface area contributed by atoms with E-state index >= 15 is 0 Å². The Labute approximate surface area is 119 Å². The fourth-order valence-corrected chi connectivity index (χ4v) is 2.29. The second-order valence-electron chi connectivity index (χ2n) is 4.65. The lowest BCUT2D eigenvalue weighted by molar-refractivity contribution is 0.0350. The van der Waals surface area contributed by atoms with Crippen molar-refractivity contribution in [2.24, 2.45) is 5.73 Å². The number of carbonyl (C=O) groups excluding carboxylic acids is 1. The van der Waals surface area contributed by atoms with Crippen LogP contribution in [0.5, 0.6) is 0 Å². The zero-order chi connectivity index (χ0) is 14.4. The molecule has 5 nitrogen and oxygen atoms in total. The first-order valence-corrected chi connectivity index (χ1v) is 6.71. The van der Waals surface area contributed by atoms with Crippen molar-refractivity contribution in [1.82, 2.24) is 9.88 Å². The van der Waals surface area contributed by atoms with Crippen molar-refractivity contribution < 1.29 is 9.53 Å². The topological polar surface area (TPSA) is 68.5 Å². The van der Waals surface area contributed by atoms with Crippen LogP contribution in [0.3, 0.4) is 0 Å². The first-order chi connectivity index (χ1) is 9.76. The summed E-state index contributed by atoms with van der Waals surface area (Å²) in [5.74, 6) is 5.67. The predicted octanol–water partition coefficient (Wildman–Crippen LogP) is 0.643. The summed E-state index contributed by atoms with van der Waals surface area (Å²) in [5, 5.41) is 0. The second kappa shape index (κ2) is 7.04. The summed E-state index contributed by atoms with van der Waals surface area (Å²) in [6.45, 7) is 1.69. The fourth-order valence-electron chi connectivity index (χ4n) is 2.29. The molecule has 1 fully saturated rings. The molecule has 0 aliphatic carbocycles. The van der Waals surface area contributed by atoms with Crippen molar-refractivity contribution in [3.05, 3.63) is 29.6 Å². The smallest absolute Gasteiger partial charge is 0.255 e. The Hall–Kier alpha value is -1.90. The molecule has 1 aliphatic heterocycles. The highest BCUT2D eigenvalue weighted by Crippen LogP contribution is 2.17. The molecular weight excluding hydrogens is 254 g/mol. The number of pyridine rings is 1. The highest BCUT2D eigenvalue weighted by atomic mass is 16.5. The Morgan fingerprint density at radius 3 is 2.95 bits per heavy atom. The van der Waals surface area contributed by atoms with E-state index in [1.165, 1.54) is 0 Å². The molecule has 2 rings (SSSR count). The first-order valence-electron chi connectivity index (χ1n) is 6.71. The van der Waals surface area contributed by atoms with Gasteiger partial charge in [-0.2, -0.15) is 0 Å². The maximum atomic E-state index is 12.5. The molecule has 106 valence electrons. The molecule has 0 radical (unpaired) electrons. The largest absolute Gasteiger partial charge is 0.381 e. The quantitative estimate of drug-likeness (QED) is 0.803. The highest BCUT2D eigenvalue weighted by Gasteiger charge is 2.24. The number of nitrogens with zero attached hydrogens (tertiary/aromatic N) is 2. The van der Waals surface area contributed by atoms with E-state index < -0.39 is 0 Å². The maximum absolute atomic E-state index is 12.5. The average molecular weight is 273 g/mol. The molecule has 0 bridgehead atoms. The van der Waals surface area contributed by atoms with Crippen molar-refractivity contribution in [3.8, 4) is 11.8 Å². The van der Waals surface area contributed by atoms with Gasteiger partial charge in [-0.05, 0) is 18.9 Å². The molecule has 0 saturated carbocycles. The lowest BCUT2D eigenvalue weighted by atomic mass is 10.0. The molecule has 2 N–H and O–H groups in total. The first kappa shape index (κ1) is 14.5. The average Bonchev–Trinajstić information content (AvgIpc) is 2.52. The molecule has 1 saturated heterocycles. The minimum absolute atomic E-state index is 0.00303. The molecule has 1 aromatic heterocycles. The van der Waals surface area contributed by atoms with Gasteiger partial charge in [0, 0.05) is 32.6 Å². The van der Waals surface area contributed by atoms with Gasteiger partial charge in [-0.25, -0.2) is 0 Å². The summed E-state index contributed by atoms with van der Waals surface area (Å²) in [5.41, 5.74) is 6.60. The van der Waals surface area contributed by atoms with Crippen molar-refractivity contribution in [1.29, 1.82) is 0 Å². The number of ether oxygens (including phenoxy) is 1. The number of aromatic nitrogens is 1. The Kier molecular flexibility index (Phi) is 5.10. The number of methoxy groups -OCH3 is 1. The van der Waals surface area contributed by atoms with Gasteiger partial charge in [0.15, 0.2) is 0 Å². The van der Waals surface area contributed by atoms with Gasteiger partial charge < -0.3 is 15.4 Å². The van der Waals surface area contributed by atoms with Crippen LogP contribution in [0.4, 0.5) is 0 Å². The molecule has 0 atom stereocenters. The van der Waals surface area contributed by atoms with Gasteiger partial charge in [0.05, 0.1) is 23.8 Å². The standard InChI is InChI=1S/C15H19N3O2/c1-20-13-5-9-18(10-6-13)15(19)14-4-8-17-11-12(14)3-2-7-16/h4,8,11,13H,5-7,9-10,16H2,1H3. The lowest BCUT2D eigenvalue weighted by Gasteiger charge is -2.31. The molecule has 1 aliphatic rings. The number of hydrogen-bond acceptors (Lipinski definition) is 4. The monoisotopic (exact) mass is 273 g/mol. The predicted molar refractivity (Wildman–Crippen MR) is 76.1 cm³/mol. The van der Waals surface area contributed by atoms with E-state index in [1.54, 1.807) is 25.6 Å². The van der Waals surface area contributed by atoms with Crippen LogP contribution in [0.1, 0.15) is 28.8 Å². The van der Waals surface area contributed by atoms with E-state index in [9.17, 15) is 4.79 Å². The van der Waals surface area contributed by atoms with Gasteiger partial charge >= 0.3 is 0 Å². The van der Waals surface area contributed by atoms with E-state index in [0.717, 1.165) is 12.8 Å². The van der Waals surface area contributed by atoms with Crippen LogP contribution >= 0.6 is 0 Å². The Balaban J connectivity index is 2.13. The molecule has 1 aromatic rings. The third-order valence-corrected chi connectivity index (χ3v) is 3.44. The molecule has 5 heteroatoms. The van der Waals surface area contributed by atoms with Gasteiger partial charge in [0.1, 0.15) is 0 Å². The van der Waals surface area contributed by atoms with Gasteiger partial charge in [0.2, 0.25) is 0 Å². The molecule has 20 heavy (non-hydrogen) atoms. The number of likely N-dealkylation sites (tertiary alicyclic amines) is 1. The van der Waals surface area contributed by atoms with Crippen LogP contribution < -0.4 is 5.73 Å². The zero-order valence-electron chi connectivity index (χ0n) is 11.6. The molecule has 0 aromatic carbocycles. The number of amides is 1. The van der Waals surface area contributed by atoms with E-state index in [-0.39, 0.29) is 18.6 Å². The minimum Gasteiger partial charge on any atom is -0.381 e. The number of hydrogen-bond donors (Lipinski definition) is 1. The van der Waals surface area contributed by atoms with Crippen molar-refractivity contribution >= 4 is 5.91 Å². The number of rotatable bonds is 2. The van der Waals surface area contributed by atoms with Gasteiger partial charge in [0.25, 0.3) is 5.91 Å². The number of carbonyl (C=O) groups is 1. The van der Waals surface area contributed by atoms with Crippen molar-refractivity contribution in [3.63, 3.8) is 0 Å².